The predicted octanol–water partition coefficient (Wildman–Crippen LogP) is -0.543. The van der Waals surface area contributed by atoms with Gasteiger partial charge in [-0.15, -0.1) is 0 Å². The molecule has 21 heavy (non-hydrogen) atoms. The van der Waals surface area contributed by atoms with E-state index in [-0.39, 0.29) is 17.8 Å². The number of H-pyrrole nitrogens is 1. The molecule has 2 rings (SSSR count). The molecule has 1 saturated heterocycles. The molecule has 1 aromatic rings. The molecule has 0 aromatic carbocycles. The van der Waals surface area contributed by atoms with Crippen LogP contribution in [-0.4, -0.2) is 58.8 Å². The van der Waals surface area contributed by atoms with E-state index < -0.39 is 17.1 Å². The lowest BCUT2D eigenvalue weighted by Gasteiger charge is -2.25. The average Bonchev–Trinajstić information content (AvgIpc) is 2.87. The Morgan fingerprint density at radius 1 is 1.57 bits per heavy atom. The van der Waals surface area contributed by atoms with Gasteiger partial charge in [0.05, 0.1) is 13.2 Å². The summed E-state index contributed by atoms with van der Waals surface area (Å²) >= 11 is 0. The van der Waals surface area contributed by atoms with Crippen molar-refractivity contribution in [1.29, 1.82) is 0 Å². The fourth-order valence-corrected chi connectivity index (χ4v) is 2.31. The van der Waals surface area contributed by atoms with E-state index in [1.54, 1.807) is 0 Å². The van der Waals surface area contributed by atoms with E-state index in [0.29, 0.717) is 6.42 Å². The normalized spacial score (nSPS) is 18.7. The number of anilines is 1. The summed E-state index contributed by atoms with van der Waals surface area (Å²) in [5.74, 6) is -1.82. The van der Waals surface area contributed by atoms with Gasteiger partial charge in [-0.1, -0.05) is 0 Å². The lowest BCUT2D eigenvalue weighted by atomic mass is 10.2. The van der Waals surface area contributed by atoms with E-state index in [1.807, 2.05) is 17.0 Å². The summed E-state index contributed by atoms with van der Waals surface area (Å²) in [5.41, 5.74) is -1.35. The number of amides is 1. The Labute approximate surface area is 120 Å². The van der Waals surface area contributed by atoms with Gasteiger partial charge in [-0.25, -0.2) is 9.89 Å². The Morgan fingerprint density at radius 2 is 2.29 bits per heavy atom. The smallest absolute Gasteiger partial charge is 0.341 e. The molecule has 2 N–H and O–H groups in total. The molecule has 9 nitrogen and oxygen atoms in total. The molecule has 0 spiro atoms. The number of likely N-dealkylation sites (N-methyl/N-ethyl adjacent to an activating group) is 1. The molecule has 1 aliphatic heterocycles. The Bertz CT molecular complexity index is 614. The molecule has 1 aromatic heterocycles. The maximum absolute atomic E-state index is 12.4. The number of rotatable bonds is 4. The highest BCUT2D eigenvalue weighted by Crippen LogP contribution is 2.20. The van der Waals surface area contributed by atoms with Gasteiger partial charge in [0.25, 0.3) is 11.5 Å². The summed E-state index contributed by atoms with van der Waals surface area (Å²) in [5, 5.41) is 15.6. The second kappa shape index (κ2) is 6.02. The average molecular weight is 296 g/mol. The Balaban J connectivity index is 2.33. The first-order valence-electron chi connectivity index (χ1n) is 6.37. The summed E-state index contributed by atoms with van der Waals surface area (Å²) in [6.07, 6.45) is 1.58. The summed E-state index contributed by atoms with van der Waals surface area (Å²) in [7, 11) is 3.10. The van der Waals surface area contributed by atoms with Crippen molar-refractivity contribution in [3.05, 3.63) is 22.0 Å². The van der Waals surface area contributed by atoms with Gasteiger partial charge in [0.15, 0.2) is 5.82 Å². The minimum atomic E-state index is -1.40. The largest absolute Gasteiger partial charge is 0.477 e. The Morgan fingerprint density at radius 3 is 2.81 bits per heavy atom. The van der Waals surface area contributed by atoms with E-state index in [2.05, 4.69) is 5.10 Å². The number of carboxylic acid groups (broad SMARTS) is 1. The lowest BCUT2D eigenvalue weighted by molar-refractivity contribution is -0.129. The Kier molecular flexibility index (Phi) is 4.34. The maximum atomic E-state index is 12.4. The van der Waals surface area contributed by atoms with Gasteiger partial charge in [0.1, 0.15) is 5.56 Å². The number of hydroxylamine groups is 1. The zero-order valence-electron chi connectivity index (χ0n) is 11.7. The number of aromatic carboxylic acids is 1. The highest BCUT2D eigenvalue weighted by Gasteiger charge is 2.33. The second-order valence-electron chi connectivity index (χ2n) is 4.73. The minimum absolute atomic E-state index is 0.0696. The number of likely N-dealkylation sites (tertiary alicyclic amines) is 1. The SMILES string of the molecule is CON(C(=O)[C@@H]1CCCN1C)c1cc(C(=O)O)c(=O)[nH]n1. The van der Waals surface area contributed by atoms with Crippen LogP contribution in [-0.2, 0) is 9.63 Å². The quantitative estimate of drug-likeness (QED) is 0.716. The predicted molar refractivity (Wildman–Crippen MR) is 72.0 cm³/mol. The number of hydrogen-bond donors (Lipinski definition) is 2. The molecule has 0 unspecified atom stereocenters. The van der Waals surface area contributed by atoms with Gasteiger partial charge in [0.2, 0.25) is 0 Å². The number of hydrogen-bond acceptors (Lipinski definition) is 6. The van der Waals surface area contributed by atoms with Crippen LogP contribution in [0.2, 0.25) is 0 Å². The molecule has 0 bridgehead atoms. The number of carbonyl (C=O) groups excluding carboxylic acids is 1. The third-order valence-electron chi connectivity index (χ3n) is 3.42. The summed E-state index contributed by atoms with van der Waals surface area (Å²) in [4.78, 5) is 41.6. The minimum Gasteiger partial charge on any atom is -0.477 e. The van der Waals surface area contributed by atoms with Crippen molar-refractivity contribution in [3.8, 4) is 0 Å². The van der Waals surface area contributed by atoms with Gasteiger partial charge in [0, 0.05) is 6.07 Å². The first-order valence-corrected chi connectivity index (χ1v) is 6.37. The van der Waals surface area contributed by atoms with Crippen molar-refractivity contribution in [3.63, 3.8) is 0 Å². The van der Waals surface area contributed by atoms with Crippen LogP contribution in [0.4, 0.5) is 5.82 Å². The molecule has 0 aliphatic carbocycles. The first kappa shape index (κ1) is 15.1. The molecule has 9 heteroatoms. The van der Waals surface area contributed by atoms with Crippen LogP contribution in [0.15, 0.2) is 10.9 Å². The van der Waals surface area contributed by atoms with E-state index in [1.165, 1.54) is 7.11 Å². The van der Waals surface area contributed by atoms with Crippen LogP contribution >= 0.6 is 0 Å². The summed E-state index contributed by atoms with van der Waals surface area (Å²) < 4.78 is 0. The Hall–Kier alpha value is -2.26. The molecule has 0 saturated carbocycles. The highest BCUT2D eigenvalue weighted by molar-refractivity contribution is 5.96. The van der Waals surface area contributed by atoms with E-state index in [4.69, 9.17) is 9.94 Å². The van der Waals surface area contributed by atoms with Crippen molar-refractivity contribution in [2.24, 2.45) is 0 Å². The molecular formula is C12H16N4O5. The molecule has 1 aliphatic rings. The number of nitrogens with one attached hydrogen (secondary N) is 1. The van der Waals surface area contributed by atoms with Gasteiger partial charge in [-0.2, -0.15) is 10.2 Å². The number of carboxylic acids is 1. The van der Waals surface area contributed by atoms with Gasteiger partial charge >= 0.3 is 5.97 Å². The van der Waals surface area contributed by atoms with Crippen molar-refractivity contribution in [2.75, 3.05) is 25.8 Å². The van der Waals surface area contributed by atoms with Crippen molar-refractivity contribution in [1.82, 2.24) is 15.1 Å². The monoisotopic (exact) mass is 296 g/mol. The molecule has 1 atom stereocenters. The van der Waals surface area contributed by atoms with Gasteiger partial charge < -0.3 is 5.11 Å². The number of aromatic nitrogens is 2. The molecule has 1 fully saturated rings. The molecule has 114 valence electrons. The highest BCUT2D eigenvalue weighted by atomic mass is 16.7. The zero-order valence-corrected chi connectivity index (χ0v) is 11.7. The van der Waals surface area contributed by atoms with Crippen LogP contribution in [0.3, 0.4) is 0 Å². The van der Waals surface area contributed by atoms with E-state index in [9.17, 15) is 14.4 Å². The van der Waals surface area contributed by atoms with Crippen LogP contribution in [0.25, 0.3) is 0 Å². The molecule has 1 amide bonds. The number of nitrogens with zero attached hydrogens (tertiary/aromatic N) is 3. The van der Waals surface area contributed by atoms with Gasteiger partial charge in [-0.3, -0.25) is 19.3 Å². The summed E-state index contributed by atoms with van der Waals surface area (Å²) in [6, 6.07) is 0.657. The van der Waals surface area contributed by atoms with E-state index in [0.717, 1.165) is 24.1 Å². The van der Waals surface area contributed by atoms with Crippen LogP contribution in [0.5, 0.6) is 0 Å². The van der Waals surface area contributed by atoms with Crippen molar-refractivity contribution >= 4 is 17.7 Å². The lowest BCUT2D eigenvalue weighted by Crippen LogP contribution is -2.44. The van der Waals surface area contributed by atoms with Crippen LogP contribution in [0.1, 0.15) is 23.2 Å². The first-order chi connectivity index (χ1) is 9.95. The van der Waals surface area contributed by atoms with Crippen molar-refractivity contribution < 1.29 is 19.5 Å². The second-order valence-corrected chi connectivity index (χ2v) is 4.73. The van der Waals surface area contributed by atoms with Crippen molar-refractivity contribution in [2.45, 2.75) is 18.9 Å². The maximum Gasteiger partial charge on any atom is 0.341 e. The summed E-state index contributed by atoms with van der Waals surface area (Å²) in [6.45, 7) is 0.799. The number of aromatic amines is 1. The molecule has 2 heterocycles. The van der Waals surface area contributed by atoms with E-state index >= 15 is 0 Å². The van der Waals surface area contributed by atoms with Gasteiger partial charge in [-0.05, 0) is 26.4 Å². The standard InChI is InChI=1S/C12H16N4O5/c1-15-5-3-4-8(15)11(18)16(21-2)9-6-7(12(19)20)10(17)14-13-9/h6,8H,3-5H2,1-2H3,(H,14,17)(H,19,20)/t8-/m0/s1. The fourth-order valence-electron chi connectivity index (χ4n) is 2.31. The third-order valence-corrected chi connectivity index (χ3v) is 3.42. The zero-order chi connectivity index (χ0) is 15.6. The third kappa shape index (κ3) is 2.93. The molecular weight excluding hydrogens is 280 g/mol. The molecule has 0 radical (unpaired) electrons. The van der Waals surface area contributed by atoms with Crippen LogP contribution < -0.4 is 10.6 Å². The number of carbonyl (C=O) groups is 2. The topological polar surface area (TPSA) is 116 Å². The fraction of sp³-hybridized carbons (Fsp3) is 0.500. The van der Waals surface area contributed by atoms with Crippen LogP contribution in [0, 0.1) is 0 Å².